The topological polar surface area (TPSA) is 58.4 Å². The van der Waals surface area contributed by atoms with Gasteiger partial charge in [0, 0.05) is 6.20 Å². The Balaban J connectivity index is 0.000000861. The highest BCUT2D eigenvalue weighted by Crippen LogP contribution is 2.26. The van der Waals surface area contributed by atoms with Crippen LogP contribution in [0.5, 0.6) is 0 Å². The third-order valence-corrected chi connectivity index (χ3v) is 3.16. The zero-order chi connectivity index (χ0) is 14.8. The molecule has 108 valence electrons. The van der Waals surface area contributed by atoms with E-state index in [9.17, 15) is 9.90 Å². The van der Waals surface area contributed by atoms with Crippen LogP contribution in [0.25, 0.3) is 0 Å². The number of carbonyl (C=O) groups excluding carboxylic acids is 1. The van der Waals surface area contributed by atoms with Crippen LogP contribution in [0, 0.1) is 6.92 Å². The first-order valence-electron chi connectivity index (χ1n) is 6.76. The number of aryl methyl sites for hydroxylation is 1. The molecule has 0 bridgehead atoms. The van der Waals surface area contributed by atoms with Crippen LogP contribution < -0.4 is 0 Å². The zero-order valence-electron chi connectivity index (χ0n) is 12.8. The third kappa shape index (κ3) is 3.15. The summed E-state index contributed by atoms with van der Waals surface area (Å²) < 4.78 is 1.68. The first-order chi connectivity index (χ1) is 8.72. The lowest BCUT2D eigenvalue weighted by Crippen LogP contribution is -2.65. The lowest BCUT2D eigenvalue weighted by molar-refractivity contribution is -0.160. The van der Waals surface area contributed by atoms with E-state index in [0.29, 0.717) is 13.1 Å². The molecule has 1 amide bonds. The monoisotopic (exact) mass is 267 g/mol. The average molecular weight is 267 g/mol. The molecule has 5 nitrogen and oxygen atoms in total. The highest BCUT2D eigenvalue weighted by Gasteiger charge is 2.45. The molecule has 1 aliphatic rings. The largest absolute Gasteiger partial charge is 0.386 e. The maximum atomic E-state index is 12.3. The second-order valence-electron chi connectivity index (χ2n) is 5.68. The van der Waals surface area contributed by atoms with E-state index in [1.807, 2.05) is 40.8 Å². The molecule has 0 unspecified atom stereocenters. The van der Waals surface area contributed by atoms with E-state index in [0.717, 1.165) is 5.56 Å². The SMILES string of the molecule is CC.Cc1cnn(C(C)(C)C(=O)N2CC(C)(O)C2)c1. The van der Waals surface area contributed by atoms with Gasteiger partial charge in [0.25, 0.3) is 0 Å². The van der Waals surface area contributed by atoms with Crippen molar-refractivity contribution in [1.82, 2.24) is 14.7 Å². The second kappa shape index (κ2) is 5.33. The number of likely N-dealkylation sites (tertiary alicyclic amines) is 1. The Morgan fingerprint density at radius 1 is 1.42 bits per heavy atom. The van der Waals surface area contributed by atoms with Crippen molar-refractivity contribution in [3.63, 3.8) is 0 Å². The number of β-amino-alcohol motifs (C(OH)–C–C–N with tert-alkyl or cyclic N) is 1. The van der Waals surface area contributed by atoms with Gasteiger partial charge in [-0.15, -0.1) is 0 Å². The Hall–Kier alpha value is -1.36. The molecule has 1 aliphatic heterocycles. The molecule has 0 radical (unpaired) electrons. The minimum atomic E-state index is -0.730. The maximum absolute atomic E-state index is 12.3. The summed E-state index contributed by atoms with van der Waals surface area (Å²) in [5.41, 5.74) is -0.405. The second-order valence-corrected chi connectivity index (χ2v) is 5.68. The molecule has 0 spiro atoms. The highest BCUT2D eigenvalue weighted by molar-refractivity contribution is 5.84. The smallest absolute Gasteiger partial charge is 0.250 e. The van der Waals surface area contributed by atoms with Crippen molar-refractivity contribution in [2.24, 2.45) is 0 Å². The fourth-order valence-electron chi connectivity index (χ4n) is 2.12. The number of amides is 1. The third-order valence-electron chi connectivity index (χ3n) is 3.16. The Kier molecular flexibility index (Phi) is 4.40. The number of nitrogens with zero attached hydrogens (tertiary/aromatic N) is 3. The number of aliphatic hydroxyl groups is 1. The van der Waals surface area contributed by atoms with E-state index in [4.69, 9.17) is 0 Å². The van der Waals surface area contributed by atoms with Gasteiger partial charge < -0.3 is 10.0 Å². The van der Waals surface area contributed by atoms with Crippen molar-refractivity contribution in [2.45, 2.75) is 52.7 Å². The summed E-state index contributed by atoms with van der Waals surface area (Å²) in [4.78, 5) is 14.0. The molecule has 2 rings (SSSR count). The molecule has 0 atom stereocenters. The van der Waals surface area contributed by atoms with E-state index < -0.39 is 11.1 Å². The fourth-order valence-corrected chi connectivity index (χ4v) is 2.12. The molecule has 1 aromatic rings. The van der Waals surface area contributed by atoms with Crippen molar-refractivity contribution in [2.75, 3.05) is 13.1 Å². The van der Waals surface area contributed by atoms with Crippen LogP contribution in [0.2, 0.25) is 0 Å². The van der Waals surface area contributed by atoms with Crippen LogP contribution in [-0.2, 0) is 10.3 Å². The van der Waals surface area contributed by atoms with Crippen LogP contribution in [0.3, 0.4) is 0 Å². The number of hydrogen-bond donors (Lipinski definition) is 1. The van der Waals surface area contributed by atoms with Crippen molar-refractivity contribution < 1.29 is 9.90 Å². The van der Waals surface area contributed by atoms with Gasteiger partial charge in [-0.05, 0) is 33.3 Å². The Labute approximate surface area is 115 Å². The number of aromatic nitrogens is 2. The molecule has 1 saturated heterocycles. The number of rotatable bonds is 2. The summed E-state index contributed by atoms with van der Waals surface area (Å²) >= 11 is 0. The average Bonchev–Trinajstić information content (AvgIpc) is 2.75. The number of carbonyl (C=O) groups is 1. The molecule has 1 fully saturated rings. The van der Waals surface area contributed by atoms with Gasteiger partial charge in [-0.25, -0.2) is 0 Å². The van der Waals surface area contributed by atoms with Gasteiger partial charge in [-0.3, -0.25) is 9.48 Å². The molecule has 1 N–H and O–H groups in total. The number of hydrogen-bond acceptors (Lipinski definition) is 3. The summed E-state index contributed by atoms with van der Waals surface area (Å²) in [5, 5.41) is 13.8. The van der Waals surface area contributed by atoms with Crippen LogP contribution in [0.4, 0.5) is 0 Å². The van der Waals surface area contributed by atoms with Crippen molar-refractivity contribution in [3.05, 3.63) is 18.0 Å². The van der Waals surface area contributed by atoms with Gasteiger partial charge in [-0.1, -0.05) is 13.8 Å². The molecule has 0 saturated carbocycles. The molecule has 19 heavy (non-hydrogen) atoms. The summed E-state index contributed by atoms with van der Waals surface area (Å²) in [6.45, 7) is 12.2. The molecular formula is C14H25N3O2. The first-order valence-corrected chi connectivity index (χ1v) is 6.76. The van der Waals surface area contributed by atoms with Crippen LogP contribution >= 0.6 is 0 Å². The highest BCUT2D eigenvalue weighted by atomic mass is 16.3. The normalized spacial score (nSPS) is 17.3. The molecule has 1 aromatic heterocycles. The van der Waals surface area contributed by atoms with Crippen LogP contribution in [0.1, 0.15) is 40.2 Å². The fraction of sp³-hybridized carbons (Fsp3) is 0.714. The van der Waals surface area contributed by atoms with Gasteiger partial charge in [0.15, 0.2) is 0 Å². The van der Waals surface area contributed by atoms with E-state index in [1.54, 1.807) is 22.7 Å². The predicted octanol–water partition coefficient (Wildman–Crippen LogP) is 1.55. The summed E-state index contributed by atoms with van der Waals surface area (Å²) in [6.07, 6.45) is 3.59. The van der Waals surface area contributed by atoms with E-state index >= 15 is 0 Å². The maximum Gasteiger partial charge on any atom is 0.250 e. The molecule has 0 aromatic carbocycles. The lowest BCUT2D eigenvalue weighted by atomic mass is 9.93. The first kappa shape index (κ1) is 15.7. The van der Waals surface area contributed by atoms with Crippen molar-refractivity contribution in [3.8, 4) is 0 Å². The predicted molar refractivity (Wildman–Crippen MR) is 74.8 cm³/mol. The molecule has 2 heterocycles. The van der Waals surface area contributed by atoms with Gasteiger partial charge in [0.1, 0.15) is 5.54 Å². The van der Waals surface area contributed by atoms with Crippen molar-refractivity contribution in [1.29, 1.82) is 0 Å². The van der Waals surface area contributed by atoms with Gasteiger partial charge in [0.05, 0.1) is 24.9 Å². The van der Waals surface area contributed by atoms with E-state index in [1.165, 1.54) is 0 Å². The Morgan fingerprint density at radius 3 is 2.32 bits per heavy atom. The van der Waals surface area contributed by atoms with Gasteiger partial charge in [-0.2, -0.15) is 5.10 Å². The Bertz CT molecular complexity index is 441. The van der Waals surface area contributed by atoms with Gasteiger partial charge >= 0.3 is 0 Å². The summed E-state index contributed by atoms with van der Waals surface area (Å²) in [6, 6.07) is 0. The summed E-state index contributed by atoms with van der Waals surface area (Å²) in [5.74, 6) is -0.00729. The zero-order valence-corrected chi connectivity index (χ0v) is 12.8. The Morgan fingerprint density at radius 2 is 1.95 bits per heavy atom. The summed E-state index contributed by atoms with van der Waals surface area (Å²) in [7, 11) is 0. The van der Waals surface area contributed by atoms with Crippen molar-refractivity contribution >= 4 is 5.91 Å². The molecule has 0 aliphatic carbocycles. The standard InChI is InChI=1S/C12H19N3O2.C2H6/c1-9-5-13-15(6-9)11(2,3)10(16)14-7-12(4,17)8-14;1-2/h5-6,17H,7-8H2,1-4H3;1-2H3. The van der Waals surface area contributed by atoms with Gasteiger partial charge in [0.2, 0.25) is 5.91 Å². The minimum Gasteiger partial charge on any atom is -0.386 e. The lowest BCUT2D eigenvalue weighted by Gasteiger charge is -2.46. The molecule has 5 heteroatoms. The van der Waals surface area contributed by atoms with E-state index in [2.05, 4.69) is 5.10 Å². The minimum absolute atomic E-state index is 0.00729. The van der Waals surface area contributed by atoms with E-state index in [-0.39, 0.29) is 5.91 Å². The van der Waals surface area contributed by atoms with Crippen LogP contribution in [-0.4, -0.2) is 44.4 Å². The molecular weight excluding hydrogens is 242 g/mol. The quantitative estimate of drug-likeness (QED) is 0.884. The van der Waals surface area contributed by atoms with Crippen LogP contribution in [0.15, 0.2) is 12.4 Å².